The number of hydrogen-bond donors (Lipinski definition) is 3. The van der Waals surface area contributed by atoms with Crippen LogP contribution in [0.5, 0.6) is 0 Å². The van der Waals surface area contributed by atoms with Gasteiger partial charge in [-0.05, 0) is 62.5 Å². The summed E-state index contributed by atoms with van der Waals surface area (Å²) in [5, 5.41) is 5.35. The minimum atomic E-state index is -0.584. The van der Waals surface area contributed by atoms with Crippen LogP contribution in [0.15, 0.2) is 48.5 Å². The molecule has 0 aliphatic rings. The Labute approximate surface area is 156 Å². The van der Waals surface area contributed by atoms with E-state index in [1.807, 2.05) is 0 Å². The van der Waals surface area contributed by atoms with E-state index >= 15 is 0 Å². The Morgan fingerprint density at radius 1 is 1.00 bits per heavy atom. The highest BCUT2D eigenvalue weighted by Gasteiger charge is 2.20. The summed E-state index contributed by atoms with van der Waals surface area (Å²) in [5.74, 6) is -1.57. The molecule has 0 aliphatic carbocycles. The fourth-order valence-electron chi connectivity index (χ4n) is 2.26. The second kappa shape index (κ2) is 8.91. The molecular weight excluding hydrogens is 351 g/mol. The van der Waals surface area contributed by atoms with E-state index in [4.69, 9.17) is 5.73 Å². The van der Waals surface area contributed by atoms with Gasteiger partial charge in [-0.1, -0.05) is 0 Å². The second-order valence-electron chi connectivity index (χ2n) is 6.08. The van der Waals surface area contributed by atoms with E-state index in [2.05, 4.69) is 10.6 Å². The highest BCUT2D eigenvalue weighted by molar-refractivity contribution is 5.97. The van der Waals surface area contributed by atoms with Crippen LogP contribution in [-0.4, -0.2) is 42.3 Å². The van der Waals surface area contributed by atoms with Crippen molar-refractivity contribution in [1.82, 2.24) is 4.90 Å². The molecule has 2 aromatic rings. The molecule has 4 N–H and O–H groups in total. The van der Waals surface area contributed by atoms with Gasteiger partial charge in [0.1, 0.15) is 5.82 Å². The minimum Gasteiger partial charge on any atom is -0.366 e. The molecule has 0 radical (unpaired) electrons. The third-order valence-corrected chi connectivity index (χ3v) is 4.00. The summed E-state index contributed by atoms with van der Waals surface area (Å²) in [6.45, 7) is 1.64. The van der Waals surface area contributed by atoms with E-state index in [0.717, 1.165) is 0 Å². The predicted molar refractivity (Wildman–Crippen MR) is 101 cm³/mol. The molecule has 142 valence electrons. The van der Waals surface area contributed by atoms with Crippen LogP contribution in [0.25, 0.3) is 0 Å². The number of amides is 3. The van der Waals surface area contributed by atoms with Crippen molar-refractivity contribution in [2.45, 2.75) is 13.0 Å². The highest BCUT2D eigenvalue weighted by Crippen LogP contribution is 2.11. The van der Waals surface area contributed by atoms with Gasteiger partial charge in [0.05, 0.1) is 12.6 Å². The molecule has 3 amide bonds. The second-order valence-corrected chi connectivity index (χ2v) is 6.08. The van der Waals surface area contributed by atoms with Gasteiger partial charge in [-0.3, -0.25) is 19.3 Å². The Morgan fingerprint density at radius 3 is 2.07 bits per heavy atom. The zero-order chi connectivity index (χ0) is 20.0. The molecule has 27 heavy (non-hydrogen) atoms. The maximum atomic E-state index is 12.9. The lowest BCUT2D eigenvalue weighted by molar-refractivity contribution is -0.122. The van der Waals surface area contributed by atoms with Crippen molar-refractivity contribution in [3.8, 4) is 0 Å². The Balaban J connectivity index is 1.88. The van der Waals surface area contributed by atoms with Crippen LogP contribution in [0.4, 0.5) is 15.8 Å². The average Bonchev–Trinajstić information content (AvgIpc) is 2.63. The topological polar surface area (TPSA) is 105 Å². The smallest absolute Gasteiger partial charge is 0.248 e. The normalized spacial score (nSPS) is 11.7. The van der Waals surface area contributed by atoms with E-state index in [-0.39, 0.29) is 24.2 Å². The zero-order valence-corrected chi connectivity index (χ0v) is 15.0. The quantitative estimate of drug-likeness (QED) is 0.689. The minimum absolute atomic E-state index is 0.0213. The van der Waals surface area contributed by atoms with Crippen molar-refractivity contribution in [2.24, 2.45) is 5.73 Å². The van der Waals surface area contributed by atoms with Crippen molar-refractivity contribution >= 4 is 29.1 Å². The summed E-state index contributed by atoms with van der Waals surface area (Å²) in [4.78, 5) is 37.0. The number of nitrogens with zero attached hydrogens (tertiary/aromatic N) is 1. The van der Waals surface area contributed by atoms with Crippen LogP contribution in [0.1, 0.15) is 17.3 Å². The van der Waals surface area contributed by atoms with Gasteiger partial charge in [0.15, 0.2) is 0 Å². The number of nitrogens with two attached hydrogens (primary N) is 1. The van der Waals surface area contributed by atoms with Crippen LogP contribution in [-0.2, 0) is 9.59 Å². The maximum Gasteiger partial charge on any atom is 0.248 e. The number of halogens is 1. The molecule has 2 rings (SSSR count). The first-order chi connectivity index (χ1) is 12.8. The molecule has 0 aromatic heterocycles. The fraction of sp³-hybridized carbons (Fsp3) is 0.211. The van der Waals surface area contributed by atoms with Crippen LogP contribution in [0.2, 0.25) is 0 Å². The average molecular weight is 372 g/mol. The van der Waals surface area contributed by atoms with Crippen molar-refractivity contribution < 1.29 is 18.8 Å². The van der Waals surface area contributed by atoms with Gasteiger partial charge in [0.25, 0.3) is 0 Å². The number of rotatable bonds is 7. The van der Waals surface area contributed by atoms with Crippen molar-refractivity contribution in [1.29, 1.82) is 0 Å². The Kier molecular flexibility index (Phi) is 6.62. The number of nitrogens with one attached hydrogen (secondary N) is 2. The Bertz CT molecular complexity index is 822. The molecule has 0 heterocycles. The molecule has 2 aromatic carbocycles. The first-order valence-electron chi connectivity index (χ1n) is 8.22. The third kappa shape index (κ3) is 5.89. The number of hydrogen-bond acceptors (Lipinski definition) is 4. The van der Waals surface area contributed by atoms with E-state index in [1.165, 1.54) is 36.4 Å². The Hall–Kier alpha value is -3.26. The maximum absolute atomic E-state index is 12.9. The van der Waals surface area contributed by atoms with Gasteiger partial charge in [0, 0.05) is 16.9 Å². The summed E-state index contributed by atoms with van der Waals surface area (Å²) in [6, 6.07) is 11.0. The summed E-state index contributed by atoms with van der Waals surface area (Å²) >= 11 is 0. The largest absolute Gasteiger partial charge is 0.366 e. The van der Waals surface area contributed by atoms with Crippen molar-refractivity contribution in [3.63, 3.8) is 0 Å². The van der Waals surface area contributed by atoms with Gasteiger partial charge in [-0.25, -0.2) is 4.39 Å². The Morgan fingerprint density at radius 2 is 1.52 bits per heavy atom. The molecule has 8 heteroatoms. The van der Waals surface area contributed by atoms with Gasteiger partial charge < -0.3 is 16.4 Å². The SMILES string of the molecule is CC(C(=O)Nc1ccc(C(N)=O)cc1)N(C)CC(=O)Nc1ccc(F)cc1. The standard InChI is InChI=1S/C19H21FN4O3/c1-12(19(27)23-16-7-3-13(4-8-16)18(21)26)24(2)11-17(25)22-15-9-5-14(20)6-10-15/h3-10,12H,11H2,1-2H3,(H2,21,26)(H,22,25)(H,23,27). The van der Waals surface area contributed by atoms with Crippen LogP contribution < -0.4 is 16.4 Å². The molecule has 7 nitrogen and oxygen atoms in total. The van der Waals surface area contributed by atoms with Crippen LogP contribution in [0, 0.1) is 5.82 Å². The van der Waals surface area contributed by atoms with E-state index in [0.29, 0.717) is 16.9 Å². The van der Waals surface area contributed by atoms with E-state index < -0.39 is 11.9 Å². The number of anilines is 2. The fourth-order valence-corrected chi connectivity index (χ4v) is 2.26. The third-order valence-electron chi connectivity index (χ3n) is 4.00. The zero-order valence-electron chi connectivity index (χ0n) is 15.0. The molecule has 0 aliphatic heterocycles. The van der Waals surface area contributed by atoms with Crippen LogP contribution in [0.3, 0.4) is 0 Å². The predicted octanol–water partition coefficient (Wildman–Crippen LogP) is 1.82. The van der Waals surface area contributed by atoms with Gasteiger partial charge in [-0.2, -0.15) is 0 Å². The molecule has 0 spiro atoms. The summed E-state index contributed by atoms with van der Waals surface area (Å²) in [5.41, 5.74) is 6.50. The van der Waals surface area contributed by atoms with E-state index in [9.17, 15) is 18.8 Å². The first-order valence-corrected chi connectivity index (χ1v) is 8.22. The van der Waals surface area contributed by atoms with Gasteiger partial charge in [0.2, 0.25) is 17.7 Å². The summed E-state index contributed by atoms with van der Waals surface area (Å²) in [7, 11) is 1.64. The molecule has 1 atom stereocenters. The molecular formula is C19H21FN4O3. The van der Waals surface area contributed by atoms with Gasteiger partial charge >= 0.3 is 0 Å². The number of likely N-dealkylation sites (N-methyl/N-ethyl adjacent to an activating group) is 1. The molecule has 1 unspecified atom stereocenters. The summed E-state index contributed by atoms with van der Waals surface area (Å²) < 4.78 is 12.9. The number of carbonyl (C=O) groups excluding carboxylic acids is 3. The number of primary amides is 1. The van der Waals surface area contributed by atoms with Crippen molar-refractivity contribution in [3.05, 3.63) is 59.9 Å². The lowest BCUT2D eigenvalue weighted by Crippen LogP contribution is -2.43. The summed E-state index contributed by atoms with van der Waals surface area (Å²) in [6.07, 6.45) is 0. The molecule has 0 saturated heterocycles. The monoisotopic (exact) mass is 372 g/mol. The number of benzene rings is 2. The van der Waals surface area contributed by atoms with Gasteiger partial charge in [-0.15, -0.1) is 0 Å². The number of carbonyl (C=O) groups is 3. The first kappa shape index (κ1) is 20.1. The lowest BCUT2D eigenvalue weighted by Gasteiger charge is -2.23. The van der Waals surface area contributed by atoms with Crippen molar-refractivity contribution in [2.75, 3.05) is 24.2 Å². The molecule has 0 fully saturated rings. The molecule has 0 bridgehead atoms. The highest BCUT2D eigenvalue weighted by atomic mass is 19.1. The lowest BCUT2D eigenvalue weighted by atomic mass is 10.2. The van der Waals surface area contributed by atoms with E-state index in [1.54, 1.807) is 31.0 Å². The molecule has 0 saturated carbocycles. The van der Waals surface area contributed by atoms with Crippen LogP contribution >= 0.6 is 0 Å².